The van der Waals surface area contributed by atoms with Crippen LogP contribution in [-0.4, -0.2) is 39.4 Å². The van der Waals surface area contributed by atoms with Gasteiger partial charge in [0.15, 0.2) is 0 Å². The van der Waals surface area contributed by atoms with Crippen molar-refractivity contribution in [1.29, 1.82) is 0 Å². The highest BCUT2D eigenvalue weighted by atomic mass is 35.5. The Labute approximate surface area is 180 Å². The SMILES string of the molecule is O=C(CCOc1ccc(Cl)cc1)Nc1nnc(CN2C(=O)c3ccccc3C2=O)s1. The predicted octanol–water partition coefficient (Wildman–Crippen LogP) is 3.40. The quantitative estimate of drug-likeness (QED) is 0.563. The molecular formula is C20H15ClN4O4S. The summed E-state index contributed by atoms with van der Waals surface area (Å²) in [4.78, 5) is 38.0. The number of ether oxygens (including phenoxy) is 1. The van der Waals surface area contributed by atoms with Crippen molar-refractivity contribution in [2.24, 2.45) is 0 Å². The maximum atomic E-state index is 12.4. The Morgan fingerprint density at radius 3 is 2.37 bits per heavy atom. The van der Waals surface area contributed by atoms with Gasteiger partial charge in [0.2, 0.25) is 11.0 Å². The van der Waals surface area contributed by atoms with E-state index >= 15 is 0 Å². The molecule has 152 valence electrons. The van der Waals surface area contributed by atoms with Crippen molar-refractivity contribution >= 4 is 45.8 Å². The maximum Gasteiger partial charge on any atom is 0.261 e. The van der Waals surface area contributed by atoms with Crippen LogP contribution in [0.2, 0.25) is 5.02 Å². The van der Waals surface area contributed by atoms with Crippen molar-refractivity contribution in [2.75, 3.05) is 11.9 Å². The van der Waals surface area contributed by atoms with Gasteiger partial charge in [-0.3, -0.25) is 19.3 Å². The largest absolute Gasteiger partial charge is 0.493 e. The van der Waals surface area contributed by atoms with Crippen LogP contribution in [0.5, 0.6) is 5.75 Å². The van der Waals surface area contributed by atoms with Gasteiger partial charge in [-0.05, 0) is 36.4 Å². The number of fused-ring (bicyclic) bond motifs is 1. The van der Waals surface area contributed by atoms with Crippen LogP contribution in [-0.2, 0) is 11.3 Å². The van der Waals surface area contributed by atoms with Crippen molar-refractivity contribution in [3.05, 3.63) is 69.7 Å². The molecule has 0 unspecified atom stereocenters. The molecule has 0 aliphatic carbocycles. The fraction of sp³-hybridized carbons (Fsp3) is 0.150. The van der Waals surface area contributed by atoms with Crippen LogP contribution < -0.4 is 10.1 Å². The molecule has 0 saturated heterocycles. The zero-order valence-corrected chi connectivity index (χ0v) is 17.1. The van der Waals surface area contributed by atoms with Gasteiger partial charge in [0, 0.05) is 5.02 Å². The number of halogens is 1. The summed E-state index contributed by atoms with van der Waals surface area (Å²) in [5, 5.41) is 11.8. The molecule has 0 saturated carbocycles. The number of hydrogen-bond acceptors (Lipinski definition) is 7. The Balaban J connectivity index is 1.29. The zero-order valence-electron chi connectivity index (χ0n) is 15.5. The lowest BCUT2D eigenvalue weighted by atomic mass is 10.1. The van der Waals surface area contributed by atoms with Gasteiger partial charge in [-0.1, -0.05) is 35.1 Å². The second kappa shape index (κ2) is 8.60. The van der Waals surface area contributed by atoms with E-state index in [9.17, 15) is 14.4 Å². The third-order valence-electron chi connectivity index (χ3n) is 4.30. The standard InChI is InChI=1S/C20H15ClN4O4S/c21-12-5-7-13(8-6-12)29-10-9-16(26)22-20-24-23-17(30-20)11-25-18(27)14-3-1-2-4-15(14)19(25)28/h1-8H,9-11H2,(H,22,24,26). The van der Waals surface area contributed by atoms with Crippen LogP contribution in [0.4, 0.5) is 5.13 Å². The molecule has 30 heavy (non-hydrogen) atoms. The molecule has 4 rings (SSSR count). The van der Waals surface area contributed by atoms with Gasteiger partial charge in [-0.2, -0.15) is 0 Å². The average Bonchev–Trinajstić information content (AvgIpc) is 3.28. The Hall–Kier alpha value is -3.30. The molecule has 0 spiro atoms. The lowest BCUT2D eigenvalue weighted by molar-refractivity contribution is -0.116. The van der Waals surface area contributed by atoms with Crippen LogP contribution in [0.1, 0.15) is 32.1 Å². The summed E-state index contributed by atoms with van der Waals surface area (Å²) >= 11 is 6.92. The molecule has 2 aromatic carbocycles. The summed E-state index contributed by atoms with van der Waals surface area (Å²) in [5.41, 5.74) is 0.752. The van der Waals surface area contributed by atoms with Crippen LogP contribution in [0.3, 0.4) is 0 Å². The lowest BCUT2D eigenvalue weighted by Gasteiger charge is -2.10. The number of anilines is 1. The molecular weight excluding hydrogens is 428 g/mol. The first-order valence-corrected chi connectivity index (χ1v) is 10.2. The topological polar surface area (TPSA) is 101 Å². The number of nitrogens with one attached hydrogen (secondary N) is 1. The molecule has 0 fully saturated rings. The second-order valence-electron chi connectivity index (χ2n) is 6.34. The first kappa shape index (κ1) is 20.0. The van der Waals surface area contributed by atoms with Crippen LogP contribution in [0.15, 0.2) is 48.5 Å². The van der Waals surface area contributed by atoms with E-state index in [1.807, 2.05) is 0 Å². The highest BCUT2D eigenvalue weighted by Crippen LogP contribution is 2.26. The molecule has 0 radical (unpaired) electrons. The number of amides is 3. The van der Waals surface area contributed by atoms with Crippen LogP contribution >= 0.6 is 22.9 Å². The molecule has 10 heteroatoms. The maximum absolute atomic E-state index is 12.4. The van der Waals surface area contributed by atoms with Gasteiger partial charge in [0.25, 0.3) is 11.8 Å². The molecule has 0 bridgehead atoms. The van der Waals surface area contributed by atoms with E-state index in [1.165, 1.54) is 0 Å². The Kier molecular flexibility index (Phi) is 5.73. The molecule has 1 aliphatic heterocycles. The Bertz CT molecular complexity index is 1080. The molecule has 2 heterocycles. The van der Waals surface area contributed by atoms with E-state index in [-0.39, 0.29) is 42.4 Å². The third-order valence-corrected chi connectivity index (χ3v) is 5.37. The first-order chi connectivity index (χ1) is 14.5. The van der Waals surface area contributed by atoms with E-state index in [0.29, 0.717) is 26.9 Å². The molecule has 1 aliphatic rings. The van der Waals surface area contributed by atoms with Crippen molar-refractivity contribution in [2.45, 2.75) is 13.0 Å². The van der Waals surface area contributed by atoms with Gasteiger partial charge >= 0.3 is 0 Å². The van der Waals surface area contributed by atoms with Crippen molar-refractivity contribution < 1.29 is 19.1 Å². The van der Waals surface area contributed by atoms with Gasteiger partial charge in [-0.15, -0.1) is 10.2 Å². The van der Waals surface area contributed by atoms with E-state index in [0.717, 1.165) is 16.2 Å². The van der Waals surface area contributed by atoms with Gasteiger partial charge in [-0.25, -0.2) is 0 Å². The van der Waals surface area contributed by atoms with E-state index in [1.54, 1.807) is 48.5 Å². The van der Waals surface area contributed by atoms with Crippen LogP contribution in [0, 0.1) is 0 Å². The average molecular weight is 443 g/mol. The highest BCUT2D eigenvalue weighted by Gasteiger charge is 2.35. The fourth-order valence-corrected chi connectivity index (χ4v) is 3.73. The van der Waals surface area contributed by atoms with E-state index in [2.05, 4.69) is 15.5 Å². The summed E-state index contributed by atoms with van der Waals surface area (Å²) in [5.74, 6) is -0.398. The molecule has 0 atom stereocenters. The molecule has 3 aromatic rings. The summed E-state index contributed by atoms with van der Waals surface area (Å²) in [6.45, 7) is 0.188. The summed E-state index contributed by atoms with van der Waals surface area (Å²) in [7, 11) is 0. The minimum Gasteiger partial charge on any atom is -0.493 e. The van der Waals surface area contributed by atoms with Crippen LogP contribution in [0.25, 0.3) is 0 Å². The minimum atomic E-state index is -0.365. The Morgan fingerprint density at radius 2 is 1.70 bits per heavy atom. The zero-order chi connectivity index (χ0) is 21.1. The number of imide groups is 1. The number of benzene rings is 2. The van der Waals surface area contributed by atoms with Gasteiger partial charge in [0.1, 0.15) is 10.8 Å². The number of aromatic nitrogens is 2. The second-order valence-corrected chi connectivity index (χ2v) is 7.84. The summed E-state index contributed by atoms with van der Waals surface area (Å²) in [6, 6.07) is 13.5. The molecule has 1 N–H and O–H groups in total. The Morgan fingerprint density at radius 1 is 1.03 bits per heavy atom. The number of nitrogens with zero attached hydrogens (tertiary/aromatic N) is 3. The third kappa shape index (κ3) is 4.32. The molecule has 3 amide bonds. The molecule has 1 aromatic heterocycles. The van der Waals surface area contributed by atoms with Crippen molar-refractivity contribution in [3.63, 3.8) is 0 Å². The number of rotatable bonds is 7. The number of carbonyl (C=O) groups is 3. The van der Waals surface area contributed by atoms with Crippen molar-refractivity contribution in [1.82, 2.24) is 15.1 Å². The smallest absolute Gasteiger partial charge is 0.261 e. The number of hydrogen-bond donors (Lipinski definition) is 1. The summed E-state index contributed by atoms with van der Waals surface area (Å²) in [6.07, 6.45) is 0.121. The van der Waals surface area contributed by atoms with E-state index < -0.39 is 0 Å². The van der Waals surface area contributed by atoms with E-state index in [4.69, 9.17) is 16.3 Å². The fourth-order valence-electron chi connectivity index (χ4n) is 2.86. The van der Waals surface area contributed by atoms with Gasteiger partial charge in [0.05, 0.1) is 30.7 Å². The summed E-state index contributed by atoms with van der Waals surface area (Å²) < 4.78 is 5.48. The predicted molar refractivity (Wildman–Crippen MR) is 111 cm³/mol. The monoisotopic (exact) mass is 442 g/mol. The normalized spacial score (nSPS) is 12.8. The minimum absolute atomic E-state index is 0.000435. The molecule has 8 nitrogen and oxygen atoms in total. The lowest BCUT2D eigenvalue weighted by Crippen LogP contribution is -2.29. The number of carbonyl (C=O) groups excluding carboxylic acids is 3. The van der Waals surface area contributed by atoms with Crippen molar-refractivity contribution in [3.8, 4) is 5.75 Å². The highest BCUT2D eigenvalue weighted by molar-refractivity contribution is 7.15. The van der Waals surface area contributed by atoms with Gasteiger partial charge < -0.3 is 10.1 Å². The first-order valence-electron chi connectivity index (χ1n) is 8.97.